The summed E-state index contributed by atoms with van der Waals surface area (Å²) in [6.07, 6.45) is 1.58. The van der Waals surface area contributed by atoms with E-state index in [4.69, 9.17) is 9.47 Å². The van der Waals surface area contributed by atoms with Crippen LogP contribution in [0.1, 0.15) is 24.5 Å². The van der Waals surface area contributed by atoms with Crippen molar-refractivity contribution in [3.63, 3.8) is 0 Å². The molecule has 1 atom stereocenters. The number of nitrogens with zero attached hydrogens (tertiary/aromatic N) is 2. The lowest BCUT2D eigenvalue weighted by Crippen LogP contribution is -2.44. The molecule has 0 aliphatic carbocycles. The van der Waals surface area contributed by atoms with E-state index >= 15 is 0 Å². The molecular weight excluding hydrogens is 328 g/mol. The predicted molar refractivity (Wildman–Crippen MR) is 98.8 cm³/mol. The van der Waals surface area contributed by atoms with E-state index in [1.807, 2.05) is 43.3 Å². The summed E-state index contributed by atoms with van der Waals surface area (Å²) < 4.78 is 11.0. The number of methoxy groups -OCH3 is 2. The first-order chi connectivity index (χ1) is 12.7. The number of para-hydroxylation sites is 1. The van der Waals surface area contributed by atoms with Gasteiger partial charge in [-0.25, -0.2) is 4.99 Å². The normalized spacial score (nSPS) is 18.3. The highest BCUT2D eigenvalue weighted by Crippen LogP contribution is 2.37. The van der Waals surface area contributed by atoms with Gasteiger partial charge >= 0.3 is 0 Å². The van der Waals surface area contributed by atoms with Gasteiger partial charge in [-0.05, 0) is 36.6 Å². The highest BCUT2D eigenvalue weighted by molar-refractivity contribution is 5.86. The van der Waals surface area contributed by atoms with Crippen LogP contribution in [0.2, 0.25) is 0 Å². The molecule has 0 fully saturated rings. The number of hydrogen-bond donors (Lipinski definition) is 0. The van der Waals surface area contributed by atoms with Gasteiger partial charge in [-0.2, -0.15) is 0 Å². The molecule has 2 heterocycles. The third-order valence-corrected chi connectivity index (χ3v) is 5.21. The molecule has 134 valence electrons. The minimum absolute atomic E-state index is 0.0705. The Bertz CT molecular complexity index is 997. The maximum Gasteiger partial charge on any atom is 0.268 e. The lowest BCUT2D eigenvalue weighted by Gasteiger charge is -2.37. The highest BCUT2D eigenvalue weighted by Gasteiger charge is 2.33. The molecule has 2 aromatic carbocycles. The van der Waals surface area contributed by atoms with Crippen LogP contribution in [0.3, 0.4) is 0 Å². The Labute approximate surface area is 152 Å². The Balaban J connectivity index is 2.09. The van der Waals surface area contributed by atoms with Crippen LogP contribution in [-0.2, 0) is 11.2 Å². The SMILES string of the molecule is CCC1C(=O)N=c2ccccc2=C2c3cc(OC)c(OC)cc3CCN21. The average molecular weight is 350 g/mol. The summed E-state index contributed by atoms with van der Waals surface area (Å²) in [6, 6.07) is 11.7. The first-order valence-corrected chi connectivity index (χ1v) is 8.91. The maximum absolute atomic E-state index is 12.7. The van der Waals surface area contributed by atoms with Gasteiger partial charge in [0, 0.05) is 17.3 Å². The third-order valence-electron chi connectivity index (χ3n) is 5.21. The van der Waals surface area contributed by atoms with Crippen molar-refractivity contribution in [1.82, 2.24) is 4.90 Å². The number of carbonyl (C=O) groups is 1. The minimum Gasteiger partial charge on any atom is -0.493 e. The molecule has 0 spiro atoms. The largest absolute Gasteiger partial charge is 0.493 e. The molecule has 0 N–H and O–H groups in total. The fourth-order valence-electron chi connectivity index (χ4n) is 3.96. The summed E-state index contributed by atoms with van der Waals surface area (Å²) in [5.41, 5.74) is 3.35. The Morgan fingerprint density at radius 1 is 1.15 bits per heavy atom. The Kier molecular flexibility index (Phi) is 4.15. The summed E-state index contributed by atoms with van der Waals surface area (Å²) in [4.78, 5) is 19.4. The van der Waals surface area contributed by atoms with Crippen LogP contribution in [0.15, 0.2) is 41.4 Å². The molecule has 0 radical (unpaired) electrons. The molecule has 2 aliphatic rings. The highest BCUT2D eigenvalue weighted by atomic mass is 16.5. The molecule has 2 aromatic rings. The Hall–Kier alpha value is -2.82. The van der Waals surface area contributed by atoms with Gasteiger partial charge in [0.2, 0.25) is 0 Å². The molecule has 0 saturated carbocycles. The number of carbonyl (C=O) groups excluding carboxylic acids is 1. The molecule has 0 saturated heterocycles. The molecule has 0 aromatic heterocycles. The Morgan fingerprint density at radius 2 is 1.88 bits per heavy atom. The molecule has 5 heteroatoms. The van der Waals surface area contributed by atoms with E-state index in [-0.39, 0.29) is 11.9 Å². The van der Waals surface area contributed by atoms with Gasteiger partial charge in [-0.3, -0.25) is 4.79 Å². The summed E-state index contributed by atoms with van der Waals surface area (Å²) in [6.45, 7) is 2.82. The quantitative estimate of drug-likeness (QED) is 0.845. The lowest BCUT2D eigenvalue weighted by molar-refractivity contribution is -0.122. The van der Waals surface area contributed by atoms with Crippen LogP contribution < -0.4 is 20.0 Å². The number of hydrogen-bond acceptors (Lipinski definition) is 4. The van der Waals surface area contributed by atoms with Crippen molar-refractivity contribution in [2.45, 2.75) is 25.8 Å². The zero-order chi connectivity index (χ0) is 18.3. The van der Waals surface area contributed by atoms with Gasteiger partial charge in [0.05, 0.1) is 25.3 Å². The van der Waals surface area contributed by atoms with Crippen molar-refractivity contribution in [3.05, 3.63) is 58.1 Å². The molecule has 1 amide bonds. The van der Waals surface area contributed by atoms with Crippen LogP contribution in [0, 0.1) is 0 Å². The van der Waals surface area contributed by atoms with Crippen molar-refractivity contribution in [2.24, 2.45) is 4.99 Å². The van der Waals surface area contributed by atoms with Crippen LogP contribution in [0.4, 0.5) is 0 Å². The van der Waals surface area contributed by atoms with Crippen LogP contribution >= 0.6 is 0 Å². The van der Waals surface area contributed by atoms with Crippen LogP contribution in [0.25, 0.3) is 5.70 Å². The molecule has 26 heavy (non-hydrogen) atoms. The van der Waals surface area contributed by atoms with Crippen molar-refractivity contribution >= 4 is 11.6 Å². The molecule has 4 rings (SSSR count). The zero-order valence-electron chi connectivity index (χ0n) is 15.3. The second-order valence-electron chi connectivity index (χ2n) is 6.55. The molecule has 0 bridgehead atoms. The van der Waals surface area contributed by atoms with Crippen molar-refractivity contribution in [1.29, 1.82) is 0 Å². The van der Waals surface area contributed by atoms with Crippen molar-refractivity contribution in [3.8, 4) is 11.5 Å². The summed E-state index contributed by atoms with van der Waals surface area (Å²) >= 11 is 0. The van der Waals surface area contributed by atoms with E-state index in [1.165, 1.54) is 5.56 Å². The van der Waals surface area contributed by atoms with E-state index in [0.29, 0.717) is 5.75 Å². The van der Waals surface area contributed by atoms with Crippen molar-refractivity contribution in [2.75, 3.05) is 20.8 Å². The van der Waals surface area contributed by atoms with E-state index < -0.39 is 0 Å². The smallest absolute Gasteiger partial charge is 0.268 e. The lowest BCUT2D eigenvalue weighted by atomic mass is 9.92. The number of ether oxygens (including phenoxy) is 2. The fourth-order valence-corrected chi connectivity index (χ4v) is 3.96. The van der Waals surface area contributed by atoms with Crippen LogP contribution in [-0.4, -0.2) is 37.6 Å². The second-order valence-corrected chi connectivity index (χ2v) is 6.55. The standard InChI is InChI=1S/C21H22N2O3/c1-4-17-21(24)22-16-8-6-5-7-14(16)20-15-12-19(26-3)18(25-2)11-13(15)9-10-23(17)20/h5-8,11-12,17H,4,9-10H2,1-3H3. The first kappa shape index (κ1) is 16.6. The average Bonchev–Trinajstić information content (AvgIpc) is 2.79. The second kappa shape index (κ2) is 6.48. The van der Waals surface area contributed by atoms with Crippen LogP contribution in [0.5, 0.6) is 11.5 Å². The minimum atomic E-state index is -0.237. The maximum atomic E-state index is 12.7. The molecule has 5 nitrogen and oxygen atoms in total. The predicted octanol–water partition coefficient (Wildman–Crippen LogP) is 1.66. The molecule has 1 unspecified atom stereocenters. The number of rotatable bonds is 3. The summed E-state index contributed by atoms with van der Waals surface area (Å²) in [5, 5.41) is 1.72. The van der Waals surface area contributed by atoms with E-state index in [1.54, 1.807) is 14.2 Å². The van der Waals surface area contributed by atoms with Gasteiger partial charge < -0.3 is 14.4 Å². The first-order valence-electron chi connectivity index (χ1n) is 8.91. The Morgan fingerprint density at radius 3 is 2.62 bits per heavy atom. The number of benzene rings is 2. The monoisotopic (exact) mass is 350 g/mol. The van der Waals surface area contributed by atoms with Crippen molar-refractivity contribution < 1.29 is 14.3 Å². The van der Waals surface area contributed by atoms with E-state index in [0.717, 1.165) is 47.0 Å². The van der Waals surface area contributed by atoms with E-state index in [2.05, 4.69) is 9.89 Å². The third kappa shape index (κ3) is 2.46. The van der Waals surface area contributed by atoms with Gasteiger partial charge in [-0.15, -0.1) is 0 Å². The molecular formula is C21H22N2O3. The number of fused-ring (bicyclic) bond motifs is 4. The summed E-state index contributed by atoms with van der Waals surface area (Å²) in [5.74, 6) is 1.35. The van der Waals surface area contributed by atoms with Gasteiger partial charge in [0.25, 0.3) is 5.91 Å². The van der Waals surface area contributed by atoms with Gasteiger partial charge in [-0.1, -0.05) is 25.1 Å². The fraction of sp³-hybridized carbons (Fsp3) is 0.333. The summed E-state index contributed by atoms with van der Waals surface area (Å²) in [7, 11) is 3.29. The van der Waals surface area contributed by atoms with Gasteiger partial charge in [0.15, 0.2) is 11.5 Å². The van der Waals surface area contributed by atoms with E-state index in [9.17, 15) is 4.79 Å². The topological polar surface area (TPSA) is 51.1 Å². The van der Waals surface area contributed by atoms with Gasteiger partial charge in [0.1, 0.15) is 6.04 Å². The number of amides is 1. The molecule has 2 aliphatic heterocycles. The zero-order valence-corrected chi connectivity index (χ0v) is 15.3.